The van der Waals surface area contributed by atoms with Crippen LogP contribution < -0.4 is 10.1 Å². The molecule has 5 heteroatoms. The van der Waals surface area contributed by atoms with Gasteiger partial charge in [-0.05, 0) is 32.9 Å². The molecule has 1 rings (SSSR count). The van der Waals surface area contributed by atoms with Crippen LogP contribution in [-0.4, -0.2) is 35.4 Å². The van der Waals surface area contributed by atoms with Gasteiger partial charge in [0.1, 0.15) is 11.8 Å². The number of carbonyl (C=O) groups is 1. The van der Waals surface area contributed by atoms with E-state index in [2.05, 4.69) is 5.32 Å². The standard InChI is InChI=1S/C14H21NO4/c1-8-5-6-12(19-4)11(7-8)13(16)9(2)15-10(3)14(17)18/h5-7,9-10,13,15-16H,1-4H3,(H,17,18). The molecule has 3 atom stereocenters. The lowest BCUT2D eigenvalue weighted by atomic mass is 10.00. The maximum atomic E-state index is 10.8. The van der Waals surface area contributed by atoms with Gasteiger partial charge in [-0.1, -0.05) is 11.6 Å². The first-order valence-electron chi connectivity index (χ1n) is 6.18. The number of hydrogen-bond acceptors (Lipinski definition) is 4. The average molecular weight is 267 g/mol. The molecule has 0 aliphatic heterocycles. The van der Waals surface area contributed by atoms with Gasteiger partial charge in [0.15, 0.2) is 0 Å². The van der Waals surface area contributed by atoms with Crippen molar-refractivity contribution in [1.82, 2.24) is 5.32 Å². The summed E-state index contributed by atoms with van der Waals surface area (Å²) in [6.45, 7) is 5.21. The third kappa shape index (κ3) is 3.94. The van der Waals surface area contributed by atoms with Crippen LogP contribution in [0.5, 0.6) is 5.75 Å². The Balaban J connectivity index is 2.89. The highest BCUT2D eigenvalue weighted by molar-refractivity contribution is 5.72. The monoisotopic (exact) mass is 267 g/mol. The number of hydrogen-bond donors (Lipinski definition) is 3. The van der Waals surface area contributed by atoms with E-state index in [1.807, 2.05) is 19.1 Å². The van der Waals surface area contributed by atoms with E-state index >= 15 is 0 Å². The molecule has 0 amide bonds. The summed E-state index contributed by atoms with van der Waals surface area (Å²) in [7, 11) is 1.54. The van der Waals surface area contributed by atoms with Crippen molar-refractivity contribution < 1.29 is 19.7 Å². The van der Waals surface area contributed by atoms with Gasteiger partial charge < -0.3 is 14.9 Å². The Bertz CT molecular complexity index is 447. The Hall–Kier alpha value is -1.59. The van der Waals surface area contributed by atoms with Crippen molar-refractivity contribution in [2.45, 2.75) is 39.0 Å². The first kappa shape index (κ1) is 15.5. The fourth-order valence-electron chi connectivity index (χ4n) is 1.91. The molecule has 3 unspecified atom stereocenters. The van der Waals surface area contributed by atoms with E-state index in [0.717, 1.165) is 5.56 Å². The first-order chi connectivity index (χ1) is 8.86. The summed E-state index contributed by atoms with van der Waals surface area (Å²) in [5.41, 5.74) is 1.66. The minimum Gasteiger partial charge on any atom is -0.496 e. The molecule has 0 saturated heterocycles. The Morgan fingerprint density at radius 2 is 2.00 bits per heavy atom. The number of methoxy groups -OCH3 is 1. The summed E-state index contributed by atoms with van der Waals surface area (Å²) < 4.78 is 5.22. The lowest BCUT2D eigenvalue weighted by Gasteiger charge is -2.24. The largest absolute Gasteiger partial charge is 0.496 e. The molecule has 1 aromatic rings. The zero-order valence-electron chi connectivity index (χ0n) is 11.7. The molecule has 0 bridgehead atoms. The Labute approximate surface area is 113 Å². The Kier molecular flexibility index (Phi) is 5.32. The molecule has 0 aromatic heterocycles. The summed E-state index contributed by atoms with van der Waals surface area (Å²) in [4.78, 5) is 10.8. The van der Waals surface area contributed by atoms with E-state index in [9.17, 15) is 9.90 Å². The van der Waals surface area contributed by atoms with Crippen molar-refractivity contribution in [3.05, 3.63) is 29.3 Å². The summed E-state index contributed by atoms with van der Waals surface area (Å²) in [5, 5.41) is 22.0. The van der Waals surface area contributed by atoms with Gasteiger partial charge in [-0.3, -0.25) is 10.1 Å². The predicted molar refractivity (Wildman–Crippen MR) is 72.4 cm³/mol. The van der Waals surface area contributed by atoms with Gasteiger partial charge in [0.05, 0.1) is 13.2 Å². The van der Waals surface area contributed by atoms with Crippen molar-refractivity contribution >= 4 is 5.97 Å². The second-order valence-corrected chi connectivity index (χ2v) is 4.71. The molecule has 19 heavy (non-hydrogen) atoms. The SMILES string of the molecule is COc1ccc(C)cc1C(O)C(C)NC(C)C(=O)O. The van der Waals surface area contributed by atoms with Crippen LogP contribution in [-0.2, 0) is 4.79 Å². The minimum atomic E-state index is -0.949. The first-order valence-corrected chi connectivity index (χ1v) is 6.18. The molecular formula is C14H21NO4. The van der Waals surface area contributed by atoms with Crippen molar-refractivity contribution in [3.8, 4) is 5.75 Å². The van der Waals surface area contributed by atoms with Crippen LogP contribution in [0.4, 0.5) is 0 Å². The fraction of sp³-hybridized carbons (Fsp3) is 0.500. The van der Waals surface area contributed by atoms with Gasteiger partial charge in [0.25, 0.3) is 0 Å². The quantitative estimate of drug-likeness (QED) is 0.727. The molecule has 106 valence electrons. The smallest absolute Gasteiger partial charge is 0.320 e. The third-order valence-corrected chi connectivity index (χ3v) is 3.06. The second-order valence-electron chi connectivity index (χ2n) is 4.71. The number of carboxylic acid groups (broad SMARTS) is 1. The highest BCUT2D eigenvalue weighted by Gasteiger charge is 2.23. The second kappa shape index (κ2) is 6.54. The van der Waals surface area contributed by atoms with Crippen LogP contribution in [0.2, 0.25) is 0 Å². The average Bonchev–Trinajstić information content (AvgIpc) is 2.37. The number of carboxylic acids is 1. The summed E-state index contributed by atoms with van der Waals surface area (Å²) >= 11 is 0. The van der Waals surface area contributed by atoms with Gasteiger partial charge in [-0.2, -0.15) is 0 Å². The minimum absolute atomic E-state index is 0.401. The molecule has 0 aliphatic rings. The van der Waals surface area contributed by atoms with E-state index in [-0.39, 0.29) is 0 Å². The van der Waals surface area contributed by atoms with Crippen LogP contribution in [0.3, 0.4) is 0 Å². The maximum absolute atomic E-state index is 10.8. The molecule has 3 N–H and O–H groups in total. The fourth-order valence-corrected chi connectivity index (χ4v) is 1.91. The van der Waals surface area contributed by atoms with Crippen LogP contribution in [0.25, 0.3) is 0 Å². The van der Waals surface area contributed by atoms with Crippen molar-refractivity contribution in [2.24, 2.45) is 0 Å². The lowest BCUT2D eigenvalue weighted by molar-refractivity contribution is -0.139. The normalized spacial score (nSPS) is 15.6. The van der Waals surface area contributed by atoms with Gasteiger partial charge in [-0.25, -0.2) is 0 Å². The Morgan fingerprint density at radius 1 is 1.37 bits per heavy atom. The molecule has 0 heterocycles. The Morgan fingerprint density at radius 3 is 2.53 bits per heavy atom. The number of nitrogens with one attached hydrogen (secondary N) is 1. The van der Waals surface area contributed by atoms with Crippen LogP contribution >= 0.6 is 0 Å². The molecule has 5 nitrogen and oxygen atoms in total. The van der Waals surface area contributed by atoms with E-state index in [4.69, 9.17) is 9.84 Å². The van der Waals surface area contributed by atoms with Gasteiger partial charge in [-0.15, -0.1) is 0 Å². The highest BCUT2D eigenvalue weighted by atomic mass is 16.5. The van der Waals surface area contributed by atoms with Crippen molar-refractivity contribution in [2.75, 3.05) is 7.11 Å². The predicted octanol–water partition coefficient (Wildman–Crippen LogP) is 1.49. The van der Waals surface area contributed by atoms with Crippen LogP contribution in [0, 0.1) is 6.92 Å². The summed E-state index contributed by atoms with van der Waals surface area (Å²) in [6, 6.07) is 4.41. The van der Waals surface area contributed by atoms with Gasteiger partial charge in [0, 0.05) is 11.6 Å². The van der Waals surface area contributed by atoms with E-state index in [1.165, 1.54) is 0 Å². The lowest BCUT2D eigenvalue weighted by Crippen LogP contribution is -2.42. The molecule has 0 fully saturated rings. The molecule has 0 saturated carbocycles. The number of rotatable bonds is 6. The number of ether oxygens (including phenoxy) is 1. The van der Waals surface area contributed by atoms with Crippen molar-refractivity contribution in [1.29, 1.82) is 0 Å². The van der Waals surface area contributed by atoms with Gasteiger partial charge in [0.2, 0.25) is 0 Å². The molecule has 1 aromatic carbocycles. The molecule has 0 spiro atoms. The van der Waals surface area contributed by atoms with E-state index < -0.39 is 24.2 Å². The highest BCUT2D eigenvalue weighted by Crippen LogP contribution is 2.28. The van der Waals surface area contributed by atoms with E-state index in [0.29, 0.717) is 11.3 Å². The van der Waals surface area contributed by atoms with Gasteiger partial charge >= 0.3 is 5.97 Å². The van der Waals surface area contributed by atoms with Crippen molar-refractivity contribution in [3.63, 3.8) is 0 Å². The maximum Gasteiger partial charge on any atom is 0.320 e. The van der Waals surface area contributed by atoms with Crippen LogP contribution in [0.1, 0.15) is 31.1 Å². The number of aliphatic carboxylic acids is 1. The zero-order valence-corrected chi connectivity index (χ0v) is 11.7. The molecule has 0 aliphatic carbocycles. The zero-order chi connectivity index (χ0) is 14.6. The number of benzene rings is 1. The number of aryl methyl sites for hydroxylation is 1. The third-order valence-electron chi connectivity index (χ3n) is 3.06. The number of aliphatic hydroxyl groups is 1. The summed E-state index contributed by atoms with van der Waals surface area (Å²) in [6.07, 6.45) is -0.836. The summed E-state index contributed by atoms with van der Waals surface area (Å²) in [5.74, 6) is -0.356. The topological polar surface area (TPSA) is 78.8 Å². The molecular weight excluding hydrogens is 246 g/mol. The molecule has 0 radical (unpaired) electrons. The van der Waals surface area contributed by atoms with Crippen LogP contribution in [0.15, 0.2) is 18.2 Å². The number of aliphatic hydroxyl groups excluding tert-OH is 1. The van der Waals surface area contributed by atoms with E-state index in [1.54, 1.807) is 27.0 Å².